The van der Waals surface area contributed by atoms with Crippen molar-refractivity contribution in [3.8, 4) is 0 Å². The van der Waals surface area contributed by atoms with Crippen LogP contribution in [0.4, 0.5) is 0 Å². The number of rotatable bonds is 1. The Morgan fingerprint density at radius 1 is 2.00 bits per heavy atom. The molecule has 0 heterocycles. The molecule has 1 nitrogen and oxygen atoms in total. The van der Waals surface area contributed by atoms with Crippen molar-refractivity contribution in [3.05, 3.63) is 12.7 Å². The Morgan fingerprint density at radius 3 is 2.20 bits per heavy atom. The zero-order valence-corrected chi connectivity index (χ0v) is 3.44. The third-order valence-corrected chi connectivity index (χ3v) is 0.372. The van der Waals surface area contributed by atoms with Crippen LogP contribution in [-0.2, 0) is 0 Å². The molecule has 0 rings (SSSR count). The normalized spacial score (nSPS) is 14.2. The molecule has 0 fully saturated rings. The molecule has 0 aromatic carbocycles. The molecule has 5 heavy (non-hydrogen) atoms. The van der Waals surface area contributed by atoms with E-state index in [1.165, 1.54) is 0 Å². The standard InChI is InChI=1S/C3H6N.Li/c1-2-3-4;/h2-3H,1,4H2;. The molecule has 0 amide bonds. The van der Waals surface area contributed by atoms with Gasteiger partial charge in [0.1, 0.15) is 0 Å². The summed E-state index contributed by atoms with van der Waals surface area (Å²) in [5.41, 5.74) is 5.17. The van der Waals surface area contributed by atoms with Crippen LogP contribution in [0, 0.1) is 0 Å². The number of hydrogen-bond donors (Lipinski definition) is 1. The molecule has 1 unspecified atom stereocenters. The zero-order chi connectivity index (χ0) is 4.28. The van der Waals surface area contributed by atoms with Gasteiger partial charge in [-0.05, 0) is 0 Å². The van der Waals surface area contributed by atoms with E-state index in [0.29, 0.717) is 0 Å². The van der Waals surface area contributed by atoms with Gasteiger partial charge in [0.2, 0.25) is 0 Å². The van der Waals surface area contributed by atoms with E-state index in [1.807, 2.05) is 17.7 Å². The van der Waals surface area contributed by atoms with Crippen LogP contribution in [0.3, 0.4) is 0 Å². The molecule has 2 heteroatoms. The van der Waals surface area contributed by atoms with Crippen LogP contribution in [0.2, 0.25) is 0 Å². The number of nitrogens with two attached hydrogens (primary N) is 1. The molecule has 0 aromatic heterocycles. The summed E-state index contributed by atoms with van der Waals surface area (Å²) in [6, 6.07) is 0. The van der Waals surface area contributed by atoms with Gasteiger partial charge in [-0.3, -0.25) is 0 Å². The molecule has 0 radical (unpaired) electrons. The van der Waals surface area contributed by atoms with E-state index in [4.69, 9.17) is 5.73 Å². The van der Waals surface area contributed by atoms with Crippen molar-refractivity contribution in [2.45, 2.75) is 4.71 Å². The molecular formula is C3H6LiN. The van der Waals surface area contributed by atoms with Crippen molar-refractivity contribution in [2.75, 3.05) is 0 Å². The molecule has 0 saturated heterocycles. The summed E-state index contributed by atoms with van der Waals surface area (Å²) in [6.07, 6.45) is 1.69. The van der Waals surface area contributed by atoms with Gasteiger partial charge in [0.15, 0.2) is 0 Å². The topological polar surface area (TPSA) is 26.0 Å². The van der Waals surface area contributed by atoms with Crippen molar-refractivity contribution in [2.24, 2.45) is 5.73 Å². The van der Waals surface area contributed by atoms with E-state index in [2.05, 4.69) is 6.58 Å². The molecule has 0 bridgehead atoms. The monoisotopic (exact) mass is 63.1 g/mol. The van der Waals surface area contributed by atoms with E-state index in [-0.39, 0.29) is 4.71 Å². The fraction of sp³-hybridized carbons (Fsp3) is 0.333. The Hall–Kier alpha value is 0.297. The van der Waals surface area contributed by atoms with Crippen LogP contribution in [0.25, 0.3) is 0 Å². The quantitative estimate of drug-likeness (QED) is 0.326. The Kier molecular flexibility index (Phi) is 2.68. The summed E-state index contributed by atoms with van der Waals surface area (Å²) in [7, 11) is 0. The van der Waals surface area contributed by atoms with Crippen LogP contribution in [0.5, 0.6) is 0 Å². The van der Waals surface area contributed by atoms with E-state index in [1.54, 1.807) is 6.08 Å². The van der Waals surface area contributed by atoms with Gasteiger partial charge in [-0.15, -0.1) is 0 Å². The Balaban J connectivity index is 2.83. The molecule has 2 N–H and O–H groups in total. The molecule has 0 aromatic rings. The van der Waals surface area contributed by atoms with Crippen LogP contribution < -0.4 is 5.73 Å². The molecule has 0 saturated carbocycles. The minimum atomic E-state index is 0.148. The van der Waals surface area contributed by atoms with Gasteiger partial charge >= 0.3 is 40.8 Å². The van der Waals surface area contributed by atoms with Crippen molar-refractivity contribution in [1.82, 2.24) is 0 Å². The molecule has 0 aliphatic carbocycles. The number of hydrogen-bond acceptors (Lipinski definition) is 1. The maximum absolute atomic E-state index is 5.17. The molecular weight excluding hydrogens is 57.0 g/mol. The summed E-state index contributed by atoms with van der Waals surface area (Å²) in [6.45, 7) is 3.44. The van der Waals surface area contributed by atoms with E-state index in [9.17, 15) is 0 Å². The van der Waals surface area contributed by atoms with Crippen LogP contribution in [0.15, 0.2) is 12.7 Å². The van der Waals surface area contributed by atoms with Gasteiger partial charge in [-0.2, -0.15) is 0 Å². The van der Waals surface area contributed by atoms with Gasteiger partial charge in [0.05, 0.1) is 0 Å². The van der Waals surface area contributed by atoms with Crippen LogP contribution in [-0.4, -0.2) is 22.4 Å². The Morgan fingerprint density at radius 2 is 2.20 bits per heavy atom. The van der Waals surface area contributed by atoms with Crippen LogP contribution >= 0.6 is 0 Å². The van der Waals surface area contributed by atoms with Crippen molar-refractivity contribution < 1.29 is 0 Å². The average molecular weight is 63.0 g/mol. The molecule has 1 atom stereocenters. The SMILES string of the molecule is [Li][CH](N)C=C. The Labute approximate surface area is 41.4 Å². The van der Waals surface area contributed by atoms with Crippen LogP contribution in [0.1, 0.15) is 0 Å². The van der Waals surface area contributed by atoms with Gasteiger partial charge in [-0.25, -0.2) is 0 Å². The second-order valence-electron chi connectivity index (χ2n) is 1.09. The predicted molar refractivity (Wildman–Crippen MR) is 23.9 cm³/mol. The third kappa shape index (κ3) is 4.30. The molecule has 24 valence electrons. The summed E-state index contributed by atoms with van der Waals surface area (Å²) in [5.74, 6) is 0. The van der Waals surface area contributed by atoms with E-state index >= 15 is 0 Å². The van der Waals surface area contributed by atoms with Crippen molar-refractivity contribution >= 4 is 17.7 Å². The first-order valence-corrected chi connectivity index (χ1v) is 1.65. The first kappa shape index (κ1) is 5.30. The van der Waals surface area contributed by atoms with Gasteiger partial charge < -0.3 is 0 Å². The maximum atomic E-state index is 5.17. The average Bonchev–Trinajstić information content (AvgIpc) is 1.38. The van der Waals surface area contributed by atoms with E-state index < -0.39 is 0 Å². The summed E-state index contributed by atoms with van der Waals surface area (Å²) in [4.78, 5) is 0. The zero-order valence-electron chi connectivity index (χ0n) is 3.44. The summed E-state index contributed by atoms with van der Waals surface area (Å²) < 4.78 is 0.148. The summed E-state index contributed by atoms with van der Waals surface area (Å²) in [5, 5.41) is 0. The van der Waals surface area contributed by atoms with E-state index in [0.717, 1.165) is 0 Å². The fourth-order valence-corrected chi connectivity index (χ4v) is 0. The summed E-state index contributed by atoms with van der Waals surface area (Å²) >= 11 is 1.88. The predicted octanol–water partition coefficient (Wildman–Crippen LogP) is -0.374. The fourth-order valence-electron chi connectivity index (χ4n) is 0. The Bertz CT molecular complexity index is 33.9. The third-order valence-electron chi connectivity index (χ3n) is 0.372. The first-order valence-electron chi connectivity index (χ1n) is 1.65. The van der Waals surface area contributed by atoms with Gasteiger partial charge in [0, 0.05) is 0 Å². The minimum absolute atomic E-state index is 0.148. The first-order chi connectivity index (χ1) is 2.27. The van der Waals surface area contributed by atoms with Crippen molar-refractivity contribution in [1.29, 1.82) is 0 Å². The second-order valence-corrected chi connectivity index (χ2v) is 1.09. The van der Waals surface area contributed by atoms with Gasteiger partial charge in [0.25, 0.3) is 0 Å². The second kappa shape index (κ2) is 2.53. The molecule has 0 spiro atoms. The van der Waals surface area contributed by atoms with Gasteiger partial charge in [-0.1, -0.05) is 0 Å². The molecule has 0 aliphatic rings. The van der Waals surface area contributed by atoms with Crippen molar-refractivity contribution in [3.63, 3.8) is 0 Å². The molecule has 0 aliphatic heterocycles.